The third-order valence-electron chi connectivity index (χ3n) is 3.64. The van der Waals surface area contributed by atoms with Gasteiger partial charge < -0.3 is 15.6 Å². The molecule has 1 aliphatic heterocycles. The van der Waals surface area contributed by atoms with Crippen LogP contribution in [0.1, 0.15) is 13.2 Å². The number of alkyl halides is 3. The highest BCUT2D eigenvalue weighted by Gasteiger charge is 2.65. The lowest BCUT2D eigenvalue weighted by Crippen LogP contribution is -2.44. The summed E-state index contributed by atoms with van der Waals surface area (Å²) in [5.41, 5.74) is 2.19. The molecule has 9 heteroatoms. The molecule has 1 saturated heterocycles. The van der Waals surface area contributed by atoms with E-state index < -0.39 is 42.6 Å². The summed E-state index contributed by atoms with van der Waals surface area (Å²) in [5.74, 6) is -5.28. The molecule has 2 heterocycles. The molecule has 112 valence electrons. The fraction of sp³-hybridized carbons (Fsp3) is 0.636. The van der Waals surface area contributed by atoms with Crippen molar-refractivity contribution in [1.82, 2.24) is 9.55 Å². The summed E-state index contributed by atoms with van der Waals surface area (Å²) in [6.45, 7) is -1.16. The minimum absolute atomic E-state index is 0.125. The van der Waals surface area contributed by atoms with Gasteiger partial charge >= 0.3 is 5.69 Å². The Morgan fingerprint density at radius 2 is 2.25 bits per heavy atom. The average molecular weight is 293 g/mol. The molecule has 2 rings (SSSR count). The molecule has 0 saturated carbocycles. The summed E-state index contributed by atoms with van der Waals surface area (Å²) >= 11 is 0. The van der Waals surface area contributed by atoms with Crippen molar-refractivity contribution < 1.29 is 23.0 Å². The maximum atomic E-state index is 14.2. The van der Waals surface area contributed by atoms with E-state index in [1.807, 2.05) is 0 Å². The summed E-state index contributed by atoms with van der Waals surface area (Å²) in [4.78, 5) is 14.9. The quantitative estimate of drug-likeness (QED) is 0.838. The number of aromatic nitrogens is 2. The van der Waals surface area contributed by atoms with E-state index in [0.29, 0.717) is 4.57 Å². The third kappa shape index (κ3) is 1.97. The van der Waals surface area contributed by atoms with Gasteiger partial charge in [0.2, 0.25) is 6.23 Å². The second-order valence-corrected chi connectivity index (χ2v) is 4.77. The lowest BCUT2D eigenvalue weighted by Gasteiger charge is -2.27. The first kappa shape index (κ1) is 14.8. The number of nitrogens with two attached hydrogens (primary N) is 1. The zero-order valence-electron chi connectivity index (χ0n) is 10.6. The van der Waals surface area contributed by atoms with Crippen LogP contribution in [-0.2, 0) is 4.74 Å². The van der Waals surface area contributed by atoms with E-state index >= 15 is 0 Å². The number of nitrogen functional groups attached to an aromatic ring is 1. The van der Waals surface area contributed by atoms with E-state index in [9.17, 15) is 23.1 Å². The molecule has 0 bridgehead atoms. The predicted octanol–water partition coefficient (Wildman–Crippen LogP) is 0.326. The maximum Gasteiger partial charge on any atom is 0.351 e. The van der Waals surface area contributed by atoms with Gasteiger partial charge in [-0.2, -0.15) is 4.98 Å². The first-order valence-corrected chi connectivity index (χ1v) is 5.85. The molecule has 0 spiro atoms. The summed E-state index contributed by atoms with van der Waals surface area (Å²) in [7, 11) is 0. The fourth-order valence-corrected chi connectivity index (χ4v) is 2.18. The van der Waals surface area contributed by atoms with Crippen molar-refractivity contribution in [2.45, 2.75) is 24.7 Å². The summed E-state index contributed by atoms with van der Waals surface area (Å²) in [6.07, 6.45) is -1.04. The zero-order chi connectivity index (χ0) is 15.1. The Bertz CT molecular complexity index is 559. The highest BCUT2D eigenvalue weighted by Crippen LogP contribution is 2.51. The zero-order valence-corrected chi connectivity index (χ0v) is 10.6. The molecule has 0 aliphatic carbocycles. The summed E-state index contributed by atoms with van der Waals surface area (Å²) in [6, 6.07) is 1.15. The van der Waals surface area contributed by atoms with Crippen molar-refractivity contribution in [3.8, 4) is 0 Å². The van der Waals surface area contributed by atoms with Crippen LogP contribution in [0.4, 0.5) is 19.0 Å². The van der Waals surface area contributed by atoms with Crippen LogP contribution in [0.3, 0.4) is 0 Å². The smallest absolute Gasteiger partial charge is 0.351 e. The monoisotopic (exact) mass is 293 g/mol. The van der Waals surface area contributed by atoms with E-state index in [-0.39, 0.29) is 5.82 Å². The normalized spacial score (nSPS) is 32.5. The molecule has 1 fully saturated rings. The van der Waals surface area contributed by atoms with E-state index in [4.69, 9.17) is 10.5 Å². The molecule has 0 radical (unpaired) electrons. The van der Waals surface area contributed by atoms with Gasteiger partial charge in [0, 0.05) is 6.20 Å². The van der Waals surface area contributed by atoms with Gasteiger partial charge in [0.1, 0.15) is 18.1 Å². The SMILES string of the molecule is C[C@H]1C(F)(F)[C@H](n2ccc(N)nc2=O)O[C@@]1(CO)CF. The third-order valence-corrected chi connectivity index (χ3v) is 3.64. The largest absolute Gasteiger partial charge is 0.393 e. The number of aliphatic hydroxyl groups is 1. The molecule has 0 unspecified atom stereocenters. The molecule has 0 amide bonds. The molecule has 3 N–H and O–H groups in total. The van der Waals surface area contributed by atoms with E-state index in [1.165, 1.54) is 0 Å². The molecule has 3 atom stereocenters. The average Bonchev–Trinajstić information content (AvgIpc) is 2.60. The van der Waals surface area contributed by atoms with Gasteiger partial charge in [-0.1, -0.05) is 6.92 Å². The van der Waals surface area contributed by atoms with Gasteiger partial charge in [0.15, 0.2) is 0 Å². The molecular formula is C11H14F3N3O3. The van der Waals surface area contributed by atoms with Gasteiger partial charge in [0.25, 0.3) is 5.92 Å². The molecule has 20 heavy (non-hydrogen) atoms. The number of anilines is 1. The topological polar surface area (TPSA) is 90.4 Å². The number of hydrogen-bond acceptors (Lipinski definition) is 5. The second kappa shape index (κ2) is 4.74. The maximum absolute atomic E-state index is 14.2. The molecular weight excluding hydrogens is 279 g/mol. The Morgan fingerprint density at radius 3 is 2.70 bits per heavy atom. The first-order chi connectivity index (χ1) is 9.28. The lowest BCUT2D eigenvalue weighted by atomic mass is 9.88. The first-order valence-electron chi connectivity index (χ1n) is 5.85. The van der Waals surface area contributed by atoms with Crippen LogP contribution in [0.15, 0.2) is 17.1 Å². The van der Waals surface area contributed by atoms with Crippen LogP contribution in [0.2, 0.25) is 0 Å². The summed E-state index contributed by atoms with van der Waals surface area (Å²) < 4.78 is 47.0. The Kier molecular flexibility index (Phi) is 3.51. The van der Waals surface area contributed by atoms with Gasteiger partial charge in [-0.05, 0) is 6.07 Å². The van der Waals surface area contributed by atoms with E-state index in [1.54, 1.807) is 0 Å². The number of hydrogen-bond donors (Lipinski definition) is 2. The number of rotatable bonds is 3. The fourth-order valence-electron chi connectivity index (χ4n) is 2.18. The molecule has 1 aromatic rings. The van der Waals surface area contributed by atoms with Crippen LogP contribution in [0.5, 0.6) is 0 Å². The minimum atomic E-state index is -3.55. The van der Waals surface area contributed by atoms with E-state index in [2.05, 4.69) is 4.98 Å². The van der Waals surface area contributed by atoms with Crippen molar-refractivity contribution in [3.63, 3.8) is 0 Å². The van der Waals surface area contributed by atoms with Crippen LogP contribution in [-0.4, -0.2) is 39.5 Å². The van der Waals surface area contributed by atoms with Crippen molar-refractivity contribution in [1.29, 1.82) is 0 Å². The number of ether oxygens (including phenoxy) is 1. The number of aliphatic hydroxyl groups excluding tert-OH is 1. The van der Waals surface area contributed by atoms with Crippen LogP contribution >= 0.6 is 0 Å². The number of nitrogens with zero attached hydrogens (tertiary/aromatic N) is 2. The molecule has 0 aromatic carbocycles. The Labute approximate surface area is 112 Å². The van der Waals surface area contributed by atoms with Crippen molar-refractivity contribution in [2.75, 3.05) is 19.0 Å². The Hall–Kier alpha value is -1.61. The second-order valence-electron chi connectivity index (χ2n) is 4.77. The Morgan fingerprint density at radius 1 is 1.60 bits per heavy atom. The predicted molar refractivity (Wildman–Crippen MR) is 62.9 cm³/mol. The minimum Gasteiger partial charge on any atom is -0.393 e. The lowest BCUT2D eigenvalue weighted by molar-refractivity contribution is -0.148. The summed E-state index contributed by atoms with van der Waals surface area (Å²) in [5, 5.41) is 9.18. The van der Waals surface area contributed by atoms with Crippen molar-refractivity contribution in [3.05, 3.63) is 22.7 Å². The van der Waals surface area contributed by atoms with Crippen LogP contribution in [0, 0.1) is 5.92 Å². The standard InChI is InChI=1S/C11H14F3N3O3/c1-6-10(4-12,5-18)20-8(11(6,13)14)17-3-2-7(15)16-9(17)19/h2-3,6,8,18H,4-5H2,1H3,(H2,15,16,19)/t6-,8-,10-/m1/s1. The van der Waals surface area contributed by atoms with E-state index in [0.717, 1.165) is 19.2 Å². The van der Waals surface area contributed by atoms with Gasteiger partial charge in [-0.15, -0.1) is 0 Å². The highest BCUT2D eigenvalue weighted by atomic mass is 19.3. The van der Waals surface area contributed by atoms with Crippen molar-refractivity contribution >= 4 is 5.82 Å². The van der Waals surface area contributed by atoms with Gasteiger partial charge in [0.05, 0.1) is 12.5 Å². The van der Waals surface area contributed by atoms with Crippen LogP contribution < -0.4 is 11.4 Å². The molecule has 6 nitrogen and oxygen atoms in total. The molecule has 1 aliphatic rings. The van der Waals surface area contributed by atoms with Gasteiger partial charge in [-0.25, -0.2) is 18.0 Å². The Balaban J connectivity index is 2.50. The highest BCUT2D eigenvalue weighted by molar-refractivity contribution is 5.23. The van der Waals surface area contributed by atoms with Crippen LogP contribution in [0.25, 0.3) is 0 Å². The number of halogens is 3. The van der Waals surface area contributed by atoms with Crippen molar-refractivity contribution in [2.24, 2.45) is 5.92 Å². The molecule has 1 aromatic heterocycles. The van der Waals surface area contributed by atoms with Gasteiger partial charge in [-0.3, -0.25) is 4.57 Å².